The van der Waals surface area contributed by atoms with Gasteiger partial charge < -0.3 is 20.5 Å². The van der Waals surface area contributed by atoms with Crippen LogP contribution in [0, 0.1) is 0 Å². The molecule has 0 aliphatic carbocycles. The summed E-state index contributed by atoms with van der Waals surface area (Å²) in [4.78, 5) is 34.5. The van der Waals surface area contributed by atoms with Gasteiger partial charge in [0, 0.05) is 5.56 Å². The molecule has 112 valence electrons. The van der Waals surface area contributed by atoms with E-state index in [1.165, 1.54) is 19.1 Å². The van der Waals surface area contributed by atoms with Crippen LogP contribution < -0.4 is 15.4 Å². The average Bonchev–Trinajstić information content (AvgIpc) is 2.46. The summed E-state index contributed by atoms with van der Waals surface area (Å²) in [5.41, 5.74) is -0.577. The number of nitrogens with one attached hydrogen (secondary N) is 2. The van der Waals surface area contributed by atoms with E-state index >= 15 is 0 Å². The molecule has 1 aliphatic rings. The predicted molar refractivity (Wildman–Crippen MR) is 74.4 cm³/mol. The van der Waals surface area contributed by atoms with E-state index in [1.54, 1.807) is 13.0 Å². The first-order chi connectivity index (χ1) is 9.85. The van der Waals surface area contributed by atoms with Crippen molar-refractivity contribution >= 4 is 23.5 Å². The summed E-state index contributed by atoms with van der Waals surface area (Å²) in [6.07, 6.45) is 0.256. The molecule has 21 heavy (non-hydrogen) atoms. The van der Waals surface area contributed by atoms with Crippen molar-refractivity contribution in [1.29, 1.82) is 0 Å². The molecule has 0 fully saturated rings. The molecule has 1 aliphatic heterocycles. The second kappa shape index (κ2) is 5.43. The first-order valence-corrected chi connectivity index (χ1v) is 6.48. The van der Waals surface area contributed by atoms with E-state index in [2.05, 4.69) is 10.6 Å². The van der Waals surface area contributed by atoms with E-state index in [1.807, 2.05) is 0 Å². The van der Waals surface area contributed by atoms with Gasteiger partial charge in [0.25, 0.3) is 11.8 Å². The minimum absolute atomic E-state index is 0.111. The van der Waals surface area contributed by atoms with Crippen LogP contribution in [0.4, 0.5) is 5.69 Å². The summed E-state index contributed by atoms with van der Waals surface area (Å²) in [7, 11) is 0. The summed E-state index contributed by atoms with van der Waals surface area (Å²) in [5, 5.41) is 14.3. The summed E-state index contributed by atoms with van der Waals surface area (Å²) in [5.74, 6) is -1.48. The number of ether oxygens (including phenoxy) is 1. The Labute approximate surface area is 121 Å². The van der Waals surface area contributed by atoms with Gasteiger partial charge in [0.15, 0.2) is 6.61 Å². The van der Waals surface area contributed by atoms with Crippen LogP contribution in [-0.2, 0) is 9.59 Å². The molecule has 0 aromatic heterocycles. The molecule has 0 saturated carbocycles. The Morgan fingerprint density at radius 2 is 2.19 bits per heavy atom. The fraction of sp³-hybridized carbons (Fsp3) is 0.357. The summed E-state index contributed by atoms with van der Waals surface area (Å²) in [6.45, 7) is 3.02. The van der Waals surface area contributed by atoms with Crippen molar-refractivity contribution in [3.63, 3.8) is 0 Å². The summed E-state index contributed by atoms with van der Waals surface area (Å²) < 4.78 is 5.22. The molecule has 1 aromatic rings. The molecule has 1 heterocycles. The zero-order valence-electron chi connectivity index (χ0n) is 11.7. The highest BCUT2D eigenvalue weighted by Crippen LogP contribution is 2.28. The van der Waals surface area contributed by atoms with Gasteiger partial charge >= 0.3 is 5.97 Å². The van der Waals surface area contributed by atoms with Crippen molar-refractivity contribution < 1.29 is 24.2 Å². The summed E-state index contributed by atoms with van der Waals surface area (Å²) >= 11 is 0. The number of amides is 2. The quantitative estimate of drug-likeness (QED) is 0.768. The van der Waals surface area contributed by atoms with Gasteiger partial charge in [0.1, 0.15) is 11.3 Å². The highest BCUT2D eigenvalue weighted by molar-refractivity contribution is 6.00. The molecule has 0 spiro atoms. The van der Waals surface area contributed by atoms with Gasteiger partial charge in [-0.1, -0.05) is 6.92 Å². The molecule has 7 heteroatoms. The molecule has 1 unspecified atom stereocenters. The molecule has 3 N–H and O–H groups in total. The molecule has 0 radical (unpaired) electrons. The zero-order chi connectivity index (χ0) is 15.6. The zero-order valence-corrected chi connectivity index (χ0v) is 11.7. The van der Waals surface area contributed by atoms with Crippen molar-refractivity contribution in [2.75, 3.05) is 11.9 Å². The third kappa shape index (κ3) is 2.96. The minimum atomic E-state index is -1.33. The Hall–Kier alpha value is -2.57. The lowest BCUT2D eigenvalue weighted by atomic mass is 9.98. The van der Waals surface area contributed by atoms with E-state index in [9.17, 15) is 14.4 Å². The summed E-state index contributed by atoms with van der Waals surface area (Å²) in [6, 6.07) is 4.52. The molecule has 0 saturated heterocycles. The number of fused-ring (bicyclic) bond motifs is 1. The van der Waals surface area contributed by atoms with Gasteiger partial charge in [-0.05, 0) is 31.5 Å². The smallest absolute Gasteiger partial charge is 0.329 e. The molecule has 1 aromatic carbocycles. The Balaban J connectivity index is 2.21. The number of benzene rings is 1. The lowest BCUT2D eigenvalue weighted by Crippen LogP contribution is -2.51. The van der Waals surface area contributed by atoms with Crippen molar-refractivity contribution in [1.82, 2.24) is 5.32 Å². The number of rotatable bonds is 4. The fourth-order valence-electron chi connectivity index (χ4n) is 1.83. The number of carbonyl (C=O) groups excluding carboxylic acids is 2. The third-order valence-electron chi connectivity index (χ3n) is 3.45. The highest BCUT2D eigenvalue weighted by atomic mass is 16.5. The number of hydrogen-bond acceptors (Lipinski definition) is 4. The van der Waals surface area contributed by atoms with Gasteiger partial charge in [-0.15, -0.1) is 0 Å². The van der Waals surface area contributed by atoms with Gasteiger partial charge in [0.2, 0.25) is 0 Å². The standard InChI is InChI=1S/C14H16N2O5/c1-3-14(2,13(19)20)16-12(18)8-4-5-9-10(6-8)21-7-11(17)15-9/h4-6H,3,7H2,1-2H3,(H,15,17)(H,16,18)(H,19,20). The van der Waals surface area contributed by atoms with Crippen LogP contribution in [0.3, 0.4) is 0 Å². The average molecular weight is 292 g/mol. The lowest BCUT2D eigenvalue weighted by molar-refractivity contribution is -0.143. The minimum Gasteiger partial charge on any atom is -0.482 e. The highest BCUT2D eigenvalue weighted by Gasteiger charge is 2.33. The van der Waals surface area contributed by atoms with Gasteiger partial charge in [-0.25, -0.2) is 4.79 Å². The predicted octanol–water partition coefficient (Wildman–Crippen LogP) is 1.00. The van der Waals surface area contributed by atoms with E-state index in [4.69, 9.17) is 9.84 Å². The van der Waals surface area contributed by atoms with Crippen LogP contribution in [0.1, 0.15) is 30.6 Å². The first kappa shape index (κ1) is 14.8. The Bertz CT molecular complexity index is 613. The number of carboxylic acids is 1. The Morgan fingerprint density at radius 3 is 2.81 bits per heavy atom. The van der Waals surface area contributed by atoms with E-state index < -0.39 is 17.4 Å². The van der Waals surface area contributed by atoms with Gasteiger partial charge in [0.05, 0.1) is 5.69 Å². The van der Waals surface area contributed by atoms with Crippen molar-refractivity contribution in [3.05, 3.63) is 23.8 Å². The molecule has 1 atom stereocenters. The molecule has 0 bridgehead atoms. The number of hydrogen-bond donors (Lipinski definition) is 3. The van der Waals surface area contributed by atoms with Crippen LogP contribution in [0.2, 0.25) is 0 Å². The number of carbonyl (C=O) groups is 3. The SMILES string of the molecule is CCC(C)(NC(=O)c1ccc2c(c1)OCC(=O)N2)C(=O)O. The topological polar surface area (TPSA) is 105 Å². The van der Waals surface area contributed by atoms with Crippen LogP contribution in [0.5, 0.6) is 5.75 Å². The molecule has 2 amide bonds. The van der Waals surface area contributed by atoms with Crippen LogP contribution >= 0.6 is 0 Å². The largest absolute Gasteiger partial charge is 0.482 e. The third-order valence-corrected chi connectivity index (χ3v) is 3.45. The number of aliphatic carboxylic acids is 1. The molecular formula is C14H16N2O5. The van der Waals surface area contributed by atoms with Crippen molar-refractivity contribution in [2.24, 2.45) is 0 Å². The van der Waals surface area contributed by atoms with E-state index in [0.29, 0.717) is 11.4 Å². The monoisotopic (exact) mass is 292 g/mol. The maximum absolute atomic E-state index is 12.2. The van der Waals surface area contributed by atoms with Gasteiger partial charge in [-0.3, -0.25) is 9.59 Å². The fourth-order valence-corrected chi connectivity index (χ4v) is 1.83. The molecule has 7 nitrogen and oxygen atoms in total. The molecular weight excluding hydrogens is 276 g/mol. The normalized spacial score (nSPS) is 16.0. The van der Waals surface area contributed by atoms with E-state index in [0.717, 1.165) is 0 Å². The van der Waals surface area contributed by atoms with Gasteiger partial charge in [-0.2, -0.15) is 0 Å². The maximum Gasteiger partial charge on any atom is 0.329 e. The number of anilines is 1. The van der Waals surface area contributed by atoms with Crippen molar-refractivity contribution in [3.8, 4) is 5.75 Å². The Morgan fingerprint density at radius 1 is 1.48 bits per heavy atom. The van der Waals surface area contributed by atoms with E-state index in [-0.39, 0.29) is 24.5 Å². The number of carboxylic acid groups (broad SMARTS) is 1. The maximum atomic E-state index is 12.2. The van der Waals surface area contributed by atoms with Crippen LogP contribution in [-0.4, -0.2) is 35.0 Å². The first-order valence-electron chi connectivity index (χ1n) is 6.48. The Kier molecular flexibility index (Phi) is 3.84. The van der Waals surface area contributed by atoms with Crippen molar-refractivity contribution in [2.45, 2.75) is 25.8 Å². The second-order valence-electron chi connectivity index (χ2n) is 4.99. The lowest BCUT2D eigenvalue weighted by Gasteiger charge is -2.25. The second-order valence-corrected chi connectivity index (χ2v) is 4.99. The molecule has 2 rings (SSSR count). The van der Waals surface area contributed by atoms with Crippen LogP contribution in [0.25, 0.3) is 0 Å². The van der Waals surface area contributed by atoms with Crippen LogP contribution in [0.15, 0.2) is 18.2 Å².